The van der Waals surface area contributed by atoms with E-state index in [4.69, 9.17) is 5.73 Å². The van der Waals surface area contributed by atoms with Gasteiger partial charge in [0.05, 0.1) is 6.54 Å². The van der Waals surface area contributed by atoms with Crippen LogP contribution in [0.15, 0.2) is 24.3 Å². The van der Waals surface area contributed by atoms with Crippen molar-refractivity contribution in [3.63, 3.8) is 0 Å². The first kappa shape index (κ1) is 13.6. The van der Waals surface area contributed by atoms with Crippen molar-refractivity contribution in [1.29, 1.82) is 0 Å². The van der Waals surface area contributed by atoms with E-state index in [-0.39, 0.29) is 6.54 Å². The fourth-order valence-electron chi connectivity index (χ4n) is 1.48. The molecule has 1 heterocycles. The lowest BCUT2D eigenvalue weighted by molar-refractivity contribution is -0.125. The number of carbonyl (C=O) groups is 2. The summed E-state index contributed by atoms with van der Waals surface area (Å²) in [6.45, 7) is -0.249. The predicted molar refractivity (Wildman–Crippen MR) is 67.1 cm³/mol. The molecule has 0 saturated carbocycles. The third-order valence-electron chi connectivity index (χ3n) is 2.51. The molecule has 1 aromatic heterocycles. The fourth-order valence-corrected chi connectivity index (χ4v) is 1.48. The van der Waals surface area contributed by atoms with Crippen LogP contribution in [-0.4, -0.2) is 50.2 Å². The zero-order valence-electron chi connectivity index (χ0n) is 10.3. The molecule has 0 saturated heterocycles. The molecule has 0 fully saturated rings. The second-order valence-electron chi connectivity index (χ2n) is 3.94. The summed E-state index contributed by atoms with van der Waals surface area (Å²) in [7, 11) is 0. The lowest BCUT2D eigenvalue weighted by Crippen LogP contribution is -2.39. The first-order valence-corrected chi connectivity index (χ1v) is 5.67. The highest BCUT2D eigenvalue weighted by atomic mass is 16.3. The van der Waals surface area contributed by atoms with Gasteiger partial charge in [-0.15, -0.1) is 10.2 Å². The van der Waals surface area contributed by atoms with Crippen LogP contribution in [-0.2, 0) is 4.79 Å². The van der Waals surface area contributed by atoms with Gasteiger partial charge in [0.15, 0.2) is 0 Å². The maximum Gasteiger partial charge on any atom is 0.251 e. The Labute approximate surface area is 113 Å². The second kappa shape index (κ2) is 5.89. The Morgan fingerprint density at radius 2 is 2.25 bits per heavy atom. The van der Waals surface area contributed by atoms with Crippen molar-refractivity contribution in [3.05, 3.63) is 29.8 Å². The molecule has 5 N–H and O–H groups in total. The van der Waals surface area contributed by atoms with Crippen molar-refractivity contribution in [2.45, 2.75) is 6.10 Å². The summed E-state index contributed by atoms with van der Waals surface area (Å²) in [4.78, 5) is 22.5. The van der Waals surface area contributed by atoms with Crippen LogP contribution >= 0.6 is 0 Å². The maximum atomic E-state index is 11.9. The first-order valence-electron chi connectivity index (χ1n) is 5.67. The quantitative estimate of drug-likeness (QED) is 0.519. The number of aliphatic hydroxyl groups is 1. The van der Waals surface area contributed by atoms with E-state index < -0.39 is 17.9 Å². The number of hydrogen-bond donors (Lipinski definition) is 4. The molecule has 0 aliphatic carbocycles. The Hall–Kier alpha value is -2.81. The van der Waals surface area contributed by atoms with Crippen LogP contribution in [0.3, 0.4) is 0 Å². The van der Waals surface area contributed by atoms with Crippen molar-refractivity contribution in [2.24, 2.45) is 5.73 Å². The summed E-state index contributed by atoms with van der Waals surface area (Å²) in [5, 5.41) is 25.0. The number of nitrogens with zero attached hydrogens (tertiary/aromatic N) is 3. The van der Waals surface area contributed by atoms with Crippen LogP contribution < -0.4 is 11.1 Å². The van der Waals surface area contributed by atoms with Crippen molar-refractivity contribution in [2.75, 3.05) is 6.54 Å². The van der Waals surface area contributed by atoms with Gasteiger partial charge < -0.3 is 16.2 Å². The van der Waals surface area contributed by atoms with E-state index >= 15 is 0 Å². The van der Waals surface area contributed by atoms with Gasteiger partial charge in [0.1, 0.15) is 6.10 Å². The molecule has 1 unspecified atom stereocenters. The standard InChI is InChI=1S/C11H12N6O3/c12-9(19)8(18)5-13-11(20)7-3-1-2-6(4-7)10-14-16-17-15-10/h1-4,8,18H,5H2,(H2,12,19)(H,13,20)(H,14,15,16,17). The number of rotatable bonds is 5. The Bertz CT molecular complexity index is 612. The Morgan fingerprint density at radius 1 is 1.45 bits per heavy atom. The predicted octanol–water partition coefficient (Wildman–Crippen LogP) is -1.56. The molecule has 1 aromatic carbocycles. The largest absolute Gasteiger partial charge is 0.381 e. The van der Waals surface area contributed by atoms with E-state index in [9.17, 15) is 14.7 Å². The molecule has 2 aromatic rings. The molecular formula is C11H12N6O3. The summed E-state index contributed by atoms with van der Waals surface area (Å²) in [6.07, 6.45) is -1.42. The summed E-state index contributed by atoms with van der Waals surface area (Å²) in [5.41, 5.74) is 5.83. The average molecular weight is 276 g/mol. The molecule has 0 aliphatic heterocycles. The highest BCUT2D eigenvalue weighted by Crippen LogP contribution is 2.14. The van der Waals surface area contributed by atoms with Crippen LogP contribution in [0.5, 0.6) is 0 Å². The lowest BCUT2D eigenvalue weighted by Gasteiger charge is -2.08. The van der Waals surface area contributed by atoms with E-state index in [0.717, 1.165) is 0 Å². The molecule has 0 spiro atoms. The summed E-state index contributed by atoms with van der Waals surface area (Å²) >= 11 is 0. The smallest absolute Gasteiger partial charge is 0.251 e. The van der Waals surface area contributed by atoms with E-state index in [2.05, 4.69) is 25.9 Å². The van der Waals surface area contributed by atoms with Gasteiger partial charge in [-0.2, -0.15) is 5.21 Å². The lowest BCUT2D eigenvalue weighted by atomic mass is 10.1. The van der Waals surface area contributed by atoms with Crippen molar-refractivity contribution < 1.29 is 14.7 Å². The maximum absolute atomic E-state index is 11.9. The first-order chi connectivity index (χ1) is 9.58. The normalized spacial score (nSPS) is 11.8. The second-order valence-corrected chi connectivity index (χ2v) is 3.94. The number of carbonyl (C=O) groups excluding carboxylic acids is 2. The Balaban J connectivity index is 2.07. The minimum Gasteiger partial charge on any atom is -0.381 e. The van der Waals surface area contributed by atoms with Crippen molar-refractivity contribution >= 4 is 11.8 Å². The van der Waals surface area contributed by atoms with Gasteiger partial charge in [0.25, 0.3) is 5.91 Å². The molecule has 104 valence electrons. The molecule has 2 rings (SSSR count). The molecule has 9 nitrogen and oxygen atoms in total. The van der Waals surface area contributed by atoms with Crippen LogP contribution in [0, 0.1) is 0 Å². The van der Waals surface area contributed by atoms with E-state index in [0.29, 0.717) is 17.0 Å². The zero-order valence-corrected chi connectivity index (χ0v) is 10.3. The summed E-state index contributed by atoms with van der Waals surface area (Å²) < 4.78 is 0. The van der Waals surface area contributed by atoms with Gasteiger partial charge in [0, 0.05) is 11.1 Å². The van der Waals surface area contributed by atoms with Gasteiger partial charge >= 0.3 is 0 Å². The van der Waals surface area contributed by atoms with Crippen LogP contribution in [0.1, 0.15) is 10.4 Å². The van der Waals surface area contributed by atoms with Gasteiger partial charge in [-0.3, -0.25) is 9.59 Å². The SMILES string of the molecule is NC(=O)C(O)CNC(=O)c1cccc(-c2nn[nH]n2)c1. The molecule has 2 amide bonds. The molecule has 0 radical (unpaired) electrons. The number of benzene rings is 1. The number of nitrogens with one attached hydrogen (secondary N) is 2. The third-order valence-corrected chi connectivity index (χ3v) is 2.51. The molecule has 0 aliphatic rings. The number of hydrogen-bond acceptors (Lipinski definition) is 6. The highest BCUT2D eigenvalue weighted by molar-refractivity contribution is 5.95. The van der Waals surface area contributed by atoms with Gasteiger partial charge in [-0.05, 0) is 17.3 Å². The number of tetrazole rings is 1. The minimum absolute atomic E-state index is 0.249. The number of primary amides is 1. The average Bonchev–Trinajstić information content (AvgIpc) is 2.98. The number of nitrogens with two attached hydrogens (primary N) is 1. The van der Waals surface area contributed by atoms with Crippen molar-refractivity contribution in [1.82, 2.24) is 25.9 Å². The third kappa shape index (κ3) is 3.14. The van der Waals surface area contributed by atoms with Crippen LogP contribution in [0.25, 0.3) is 11.4 Å². The van der Waals surface area contributed by atoms with Gasteiger partial charge in [-0.1, -0.05) is 12.1 Å². The van der Waals surface area contributed by atoms with E-state index in [1.54, 1.807) is 24.3 Å². The zero-order chi connectivity index (χ0) is 14.5. The van der Waals surface area contributed by atoms with E-state index in [1.807, 2.05) is 0 Å². The molecule has 1 atom stereocenters. The summed E-state index contributed by atoms with van der Waals surface area (Å²) in [6, 6.07) is 6.53. The monoisotopic (exact) mass is 276 g/mol. The number of aliphatic hydroxyl groups excluding tert-OH is 1. The Kier molecular flexibility index (Phi) is 4.01. The van der Waals surface area contributed by atoms with Gasteiger partial charge in [0.2, 0.25) is 11.7 Å². The highest BCUT2D eigenvalue weighted by Gasteiger charge is 2.14. The molecule has 20 heavy (non-hydrogen) atoms. The topological polar surface area (TPSA) is 147 Å². The van der Waals surface area contributed by atoms with Crippen molar-refractivity contribution in [3.8, 4) is 11.4 Å². The molecule has 9 heteroatoms. The number of aromatic nitrogens is 4. The number of H-pyrrole nitrogens is 1. The molecular weight excluding hydrogens is 264 g/mol. The minimum atomic E-state index is -1.42. The van der Waals surface area contributed by atoms with Gasteiger partial charge in [-0.25, -0.2) is 0 Å². The Morgan fingerprint density at radius 3 is 2.90 bits per heavy atom. The summed E-state index contributed by atoms with van der Waals surface area (Å²) in [5.74, 6) is -0.988. The van der Waals surface area contributed by atoms with Crippen LogP contribution in [0.2, 0.25) is 0 Å². The number of amides is 2. The van der Waals surface area contributed by atoms with Crippen LogP contribution in [0.4, 0.5) is 0 Å². The molecule has 0 bridgehead atoms. The van der Waals surface area contributed by atoms with E-state index in [1.165, 1.54) is 0 Å². The number of aromatic amines is 1. The fraction of sp³-hybridized carbons (Fsp3) is 0.182.